The summed E-state index contributed by atoms with van der Waals surface area (Å²) < 4.78 is 25.1. The van der Waals surface area contributed by atoms with Crippen LogP contribution in [0.15, 0.2) is 10.5 Å². The maximum Gasteiger partial charge on any atom is 0.267 e. The number of carbonyl (C=O) groups excluding carboxylic acids is 1. The van der Waals surface area contributed by atoms with Crippen molar-refractivity contribution in [1.29, 1.82) is 0 Å². The van der Waals surface area contributed by atoms with Gasteiger partial charge in [0.1, 0.15) is 5.69 Å². The van der Waals surface area contributed by atoms with Crippen LogP contribution >= 0.6 is 15.9 Å². The van der Waals surface area contributed by atoms with Crippen molar-refractivity contribution in [3.8, 4) is 0 Å². The molecule has 6 heteroatoms. The molecular formula is C8H7BrF2N2O. The predicted molar refractivity (Wildman–Crippen MR) is 50.1 cm³/mol. The third kappa shape index (κ3) is 2.06. The molecule has 1 amide bonds. The number of primary amides is 1. The molecule has 3 nitrogen and oxygen atoms in total. The van der Waals surface area contributed by atoms with Crippen molar-refractivity contribution >= 4 is 21.8 Å². The number of aromatic nitrogens is 1. The third-order valence-corrected chi connectivity index (χ3v) is 2.67. The van der Waals surface area contributed by atoms with E-state index in [1.807, 2.05) is 0 Å². The predicted octanol–water partition coefficient (Wildman–Crippen LogP) is 2.19. The SMILES string of the molecule is Cc1nc(C(N)=O)cc(C(F)F)c1Br. The number of pyridine rings is 1. The fourth-order valence-electron chi connectivity index (χ4n) is 0.967. The number of nitrogens with two attached hydrogens (primary N) is 1. The van der Waals surface area contributed by atoms with Crippen LogP contribution in [0.2, 0.25) is 0 Å². The molecule has 14 heavy (non-hydrogen) atoms. The second-order valence-electron chi connectivity index (χ2n) is 2.66. The average Bonchev–Trinajstić information content (AvgIpc) is 2.08. The first-order chi connectivity index (χ1) is 6.43. The van der Waals surface area contributed by atoms with Crippen LogP contribution in [0.4, 0.5) is 8.78 Å². The Morgan fingerprint density at radius 1 is 1.64 bits per heavy atom. The van der Waals surface area contributed by atoms with Crippen molar-refractivity contribution in [1.82, 2.24) is 4.98 Å². The topological polar surface area (TPSA) is 56.0 Å². The van der Waals surface area contributed by atoms with Gasteiger partial charge in [0.05, 0.1) is 5.69 Å². The number of alkyl halides is 2. The van der Waals surface area contributed by atoms with Crippen LogP contribution in [0.25, 0.3) is 0 Å². The van der Waals surface area contributed by atoms with Gasteiger partial charge in [0.25, 0.3) is 12.3 Å². The minimum absolute atomic E-state index is 0.152. The molecule has 0 aliphatic rings. The lowest BCUT2D eigenvalue weighted by atomic mass is 10.2. The zero-order valence-corrected chi connectivity index (χ0v) is 8.81. The number of amides is 1. The Balaban J connectivity index is 3.35. The monoisotopic (exact) mass is 264 g/mol. The summed E-state index contributed by atoms with van der Waals surface area (Å²) in [6.07, 6.45) is -2.66. The van der Waals surface area contributed by atoms with Gasteiger partial charge in [-0.2, -0.15) is 0 Å². The van der Waals surface area contributed by atoms with Gasteiger partial charge in [-0.15, -0.1) is 0 Å². The fraction of sp³-hybridized carbons (Fsp3) is 0.250. The maximum absolute atomic E-state index is 12.4. The summed E-state index contributed by atoms with van der Waals surface area (Å²) in [5.41, 5.74) is 4.83. The van der Waals surface area contributed by atoms with Gasteiger partial charge < -0.3 is 5.73 Å². The Hall–Kier alpha value is -1.04. The van der Waals surface area contributed by atoms with Crippen LogP contribution < -0.4 is 5.73 Å². The molecule has 0 fully saturated rings. The van der Waals surface area contributed by atoms with E-state index in [2.05, 4.69) is 20.9 Å². The number of hydrogen-bond donors (Lipinski definition) is 1. The average molecular weight is 265 g/mol. The summed E-state index contributed by atoms with van der Waals surface area (Å²) in [5, 5.41) is 0. The number of aryl methyl sites for hydroxylation is 1. The molecule has 0 atom stereocenters. The highest BCUT2D eigenvalue weighted by Crippen LogP contribution is 2.29. The second kappa shape index (κ2) is 4.00. The normalized spacial score (nSPS) is 10.6. The van der Waals surface area contributed by atoms with Gasteiger partial charge in [-0.25, -0.2) is 13.8 Å². The Morgan fingerprint density at radius 3 is 2.64 bits per heavy atom. The Kier molecular flexibility index (Phi) is 3.15. The first-order valence-electron chi connectivity index (χ1n) is 3.68. The molecular weight excluding hydrogens is 258 g/mol. The summed E-state index contributed by atoms with van der Waals surface area (Å²) in [7, 11) is 0. The van der Waals surface area contributed by atoms with Gasteiger partial charge in [0.2, 0.25) is 0 Å². The van der Waals surface area contributed by atoms with Crippen molar-refractivity contribution in [3.05, 3.63) is 27.5 Å². The van der Waals surface area contributed by atoms with E-state index >= 15 is 0 Å². The highest BCUT2D eigenvalue weighted by molar-refractivity contribution is 9.10. The van der Waals surface area contributed by atoms with E-state index in [4.69, 9.17) is 5.73 Å². The zero-order valence-electron chi connectivity index (χ0n) is 7.22. The molecule has 0 bridgehead atoms. The molecule has 0 radical (unpaired) electrons. The largest absolute Gasteiger partial charge is 0.364 e. The lowest BCUT2D eigenvalue weighted by Crippen LogP contribution is -2.14. The van der Waals surface area contributed by atoms with Crippen molar-refractivity contribution in [2.75, 3.05) is 0 Å². The van der Waals surface area contributed by atoms with Crippen molar-refractivity contribution < 1.29 is 13.6 Å². The molecule has 0 saturated carbocycles. The third-order valence-electron chi connectivity index (χ3n) is 1.64. The van der Waals surface area contributed by atoms with Gasteiger partial charge in [0, 0.05) is 10.0 Å². The highest BCUT2D eigenvalue weighted by Gasteiger charge is 2.17. The first-order valence-corrected chi connectivity index (χ1v) is 4.47. The summed E-state index contributed by atoms with van der Waals surface area (Å²) in [6.45, 7) is 1.52. The van der Waals surface area contributed by atoms with Crippen LogP contribution in [0.5, 0.6) is 0 Å². The van der Waals surface area contributed by atoms with Gasteiger partial charge in [-0.05, 0) is 28.9 Å². The molecule has 0 saturated heterocycles. The molecule has 2 N–H and O–H groups in total. The van der Waals surface area contributed by atoms with Gasteiger partial charge in [-0.1, -0.05) is 0 Å². The number of halogens is 3. The molecule has 1 aromatic heterocycles. The van der Waals surface area contributed by atoms with E-state index in [0.29, 0.717) is 5.69 Å². The molecule has 0 aromatic carbocycles. The molecule has 0 aliphatic heterocycles. The Labute approximate surface area is 87.4 Å². The standard InChI is InChI=1S/C8H7BrF2N2O/c1-3-6(9)4(7(10)11)2-5(13-3)8(12)14/h2,7H,1H3,(H2,12,14). The molecule has 0 aliphatic carbocycles. The lowest BCUT2D eigenvalue weighted by molar-refractivity contribution is 0.0994. The first kappa shape index (κ1) is 11.0. The number of rotatable bonds is 2. The Morgan fingerprint density at radius 2 is 2.21 bits per heavy atom. The van der Waals surface area contributed by atoms with E-state index in [-0.39, 0.29) is 15.7 Å². The number of carbonyl (C=O) groups is 1. The number of nitrogens with zero attached hydrogens (tertiary/aromatic N) is 1. The number of hydrogen-bond acceptors (Lipinski definition) is 2. The summed E-state index contributed by atoms with van der Waals surface area (Å²) in [6, 6.07) is 0.990. The van der Waals surface area contributed by atoms with Crippen LogP contribution in [0, 0.1) is 6.92 Å². The summed E-state index contributed by atoms with van der Waals surface area (Å²) in [4.78, 5) is 14.5. The van der Waals surface area contributed by atoms with Crippen LogP contribution in [-0.2, 0) is 0 Å². The van der Waals surface area contributed by atoms with E-state index in [1.54, 1.807) is 0 Å². The Bertz CT molecular complexity index is 382. The zero-order chi connectivity index (χ0) is 10.9. The van der Waals surface area contributed by atoms with Gasteiger partial charge in [0.15, 0.2) is 0 Å². The molecule has 1 heterocycles. The van der Waals surface area contributed by atoms with E-state index in [9.17, 15) is 13.6 Å². The van der Waals surface area contributed by atoms with E-state index in [0.717, 1.165) is 6.07 Å². The fourth-order valence-corrected chi connectivity index (χ4v) is 1.34. The van der Waals surface area contributed by atoms with Crippen LogP contribution in [0.3, 0.4) is 0 Å². The molecule has 0 spiro atoms. The molecule has 76 valence electrons. The molecule has 0 unspecified atom stereocenters. The quantitative estimate of drug-likeness (QED) is 0.891. The van der Waals surface area contributed by atoms with E-state index < -0.39 is 12.3 Å². The van der Waals surface area contributed by atoms with Crippen molar-refractivity contribution in [2.24, 2.45) is 5.73 Å². The van der Waals surface area contributed by atoms with E-state index in [1.165, 1.54) is 6.92 Å². The summed E-state index contributed by atoms with van der Waals surface area (Å²) >= 11 is 2.97. The lowest BCUT2D eigenvalue weighted by Gasteiger charge is -2.07. The minimum Gasteiger partial charge on any atom is -0.364 e. The summed E-state index contributed by atoms with van der Waals surface area (Å²) in [5.74, 6) is -0.817. The van der Waals surface area contributed by atoms with Gasteiger partial charge in [-0.3, -0.25) is 4.79 Å². The van der Waals surface area contributed by atoms with Crippen molar-refractivity contribution in [2.45, 2.75) is 13.3 Å². The van der Waals surface area contributed by atoms with Crippen LogP contribution in [0.1, 0.15) is 28.2 Å². The minimum atomic E-state index is -2.66. The molecule has 1 rings (SSSR count). The van der Waals surface area contributed by atoms with Gasteiger partial charge >= 0.3 is 0 Å². The highest BCUT2D eigenvalue weighted by atomic mass is 79.9. The van der Waals surface area contributed by atoms with Crippen molar-refractivity contribution in [3.63, 3.8) is 0 Å². The maximum atomic E-state index is 12.4. The van der Waals surface area contributed by atoms with Crippen LogP contribution in [-0.4, -0.2) is 10.9 Å². The smallest absolute Gasteiger partial charge is 0.267 e. The molecule has 1 aromatic rings. The second-order valence-corrected chi connectivity index (χ2v) is 3.45.